The Morgan fingerprint density at radius 1 is 0.667 bits per heavy atom. The molecule has 0 unspecified atom stereocenters. The molecule has 0 saturated heterocycles. The summed E-state index contributed by atoms with van der Waals surface area (Å²) in [6.45, 7) is 0. The Morgan fingerprint density at radius 3 is 1.70 bits per heavy atom. The first kappa shape index (κ1) is 23.3. The van der Waals surface area contributed by atoms with Crippen LogP contribution < -0.4 is 4.90 Å². The lowest BCUT2D eigenvalue weighted by Gasteiger charge is -2.28. The van der Waals surface area contributed by atoms with Crippen molar-refractivity contribution in [2.45, 2.75) is 76.7 Å². The van der Waals surface area contributed by atoms with Gasteiger partial charge in [0.05, 0.1) is 5.57 Å². The van der Waals surface area contributed by atoms with Crippen LogP contribution in [0.4, 0.5) is 5.69 Å². The molecule has 4 heteroatoms. The minimum atomic E-state index is -0.151. The predicted molar refractivity (Wildman–Crippen MR) is 135 cm³/mol. The lowest BCUT2D eigenvalue weighted by Crippen LogP contribution is -2.42. The summed E-state index contributed by atoms with van der Waals surface area (Å²) >= 11 is 0. The minimum Gasteiger partial charge on any atom is -0.339 e. The van der Waals surface area contributed by atoms with E-state index in [0.29, 0.717) is 11.3 Å². The second-order valence-corrected chi connectivity index (χ2v) is 9.38. The van der Waals surface area contributed by atoms with Gasteiger partial charge in [0.1, 0.15) is 5.70 Å². The number of carbonyl (C=O) groups is 2. The number of hydrogen-bond acceptors (Lipinski definition) is 3. The summed E-state index contributed by atoms with van der Waals surface area (Å²) in [6, 6.07) is 19.5. The van der Waals surface area contributed by atoms with Crippen molar-refractivity contribution in [1.29, 1.82) is 0 Å². The normalized spacial score (nSPS) is 19.4. The van der Waals surface area contributed by atoms with Crippen LogP contribution in [0.5, 0.6) is 0 Å². The monoisotopic (exact) mass is 444 g/mol. The van der Waals surface area contributed by atoms with Gasteiger partial charge in [0, 0.05) is 18.8 Å². The number of carbonyl (C=O) groups excluding carboxylic acids is 2. The average Bonchev–Trinajstić information content (AvgIpc) is 3.10. The van der Waals surface area contributed by atoms with Gasteiger partial charge in [0.15, 0.2) is 0 Å². The first-order valence-corrected chi connectivity index (χ1v) is 12.6. The third kappa shape index (κ3) is 5.38. The number of amides is 2. The molecule has 1 heterocycles. The molecule has 1 saturated carbocycles. The van der Waals surface area contributed by atoms with E-state index in [1.54, 1.807) is 4.90 Å². The van der Waals surface area contributed by atoms with Crippen molar-refractivity contribution in [1.82, 2.24) is 4.90 Å². The van der Waals surface area contributed by atoms with E-state index in [4.69, 9.17) is 0 Å². The van der Waals surface area contributed by atoms with Gasteiger partial charge in [-0.3, -0.25) is 14.5 Å². The first-order valence-electron chi connectivity index (χ1n) is 12.6. The molecule has 2 amide bonds. The van der Waals surface area contributed by atoms with Crippen LogP contribution in [0.25, 0.3) is 5.57 Å². The van der Waals surface area contributed by atoms with Crippen LogP contribution in [0, 0.1) is 0 Å². The van der Waals surface area contributed by atoms with Crippen molar-refractivity contribution in [3.05, 3.63) is 71.9 Å². The summed E-state index contributed by atoms with van der Waals surface area (Å²) in [7, 11) is 1.89. The summed E-state index contributed by atoms with van der Waals surface area (Å²) in [5.41, 5.74) is 2.73. The van der Waals surface area contributed by atoms with Gasteiger partial charge in [-0.2, -0.15) is 0 Å². The van der Waals surface area contributed by atoms with E-state index < -0.39 is 0 Å². The van der Waals surface area contributed by atoms with E-state index in [9.17, 15) is 9.59 Å². The smallest absolute Gasteiger partial charge is 0.278 e. The predicted octanol–water partition coefficient (Wildman–Crippen LogP) is 6.58. The van der Waals surface area contributed by atoms with E-state index in [2.05, 4.69) is 0 Å². The van der Waals surface area contributed by atoms with Gasteiger partial charge in [-0.1, -0.05) is 106 Å². The maximum absolute atomic E-state index is 13.9. The maximum atomic E-state index is 13.9. The topological polar surface area (TPSA) is 40.6 Å². The fourth-order valence-electron chi connectivity index (χ4n) is 5.22. The number of hydrogen-bond donors (Lipinski definition) is 0. The Hall–Kier alpha value is -2.88. The molecule has 0 bridgehead atoms. The summed E-state index contributed by atoms with van der Waals surface area (Å²) in [6.07, 6.45) is 12.8. The maximum Gasteiger partial charge on any atom is 0.278 e. The van der Waals surface area contributed by atoms with Crippen LogP contribution in [-0.4, -0.2) is 29.8 Å². The van der Waals surface area contributed by atoms with Crippen molar-refractivity contribution in [3.8, 4) is 0 Å². The van der Waals surface area contributed by atoms with E-state index in [-0.39, 0.29) is 17.9 Å². The zero-order valence-electron chi connectivity index (χ0n) is 19.8. The Balaban J connectivity index is 1.67. The Kier molecular flexibility index (Phi) is 7.98. The standard InChI is InChI=1S/C29H36N2O2/c1-30(24-19-15-10-16-20-24)27-26(23-17-11-9-12-18-23)28(32)31(29(27)33)25-21-13-7-5-3-2-4-6-8-14-22-25/h9-12,15-20,25H,2-8,13-14,21-22H2,1H3. The van der Waals surface area contributed by atoms with Crippen LogP contribution in [0.1, 0.15) is 76.2 Å². The molecule has 1 aliphatic heterocycles. The first-order chi connectivity index (χ1) is 16.2. The van der Waals surface area contributed by atoms with E-state index in [1.165, 1.54) is 44.9 Å². The number of benzene rings is 2. The highest BCUT2D eigenvalue weighted by Crippen LogP contribution is 2.36. The molecule has 174 valence electrons. The van der Waals surface area contributed by atoms with Gasteiger partial charge in [0.25, 0.3) is 11.8 Å². The number of anilines is 1. The zero-order valence-corrected chi connectivity index (χ0v) is 19.8. The van der Waals surface area contributed by atoms with E-state index >= 15 is 0 Å². The summed E-state index contributed by atoms with van der Waals surface area (Å²) < 4.78 is 0. The summed E-state index contributed by atoms with van der Waals surface area (Å²) in [5.74, 6) is -0.289. The molecule has 2 aromatic rings. The number of rotatable bonds is 4. The number of imide groups is 1. The van der Waals surface area contributed by atoms with Crippen LogP contribution in [-0.2, 0) is 9.59 Å². The largest absolute Gasteiger partial charge is 0.339 e. The molecule has 0 radical (unpaired) electrons. The SMILES string of the molecule is CN(C1=C(c2ccccc2)C(=O)N(C2CCCCCCCCCCC2)C1=O)c1ccccc1. The molecule has 1 fully saturated rings. The van der Waals surface area contributed by atoms with Crippen LogP contribution in [0.15, 0.2) is 66.4 Å². The number of para-hydroxylation sites is 1. The highest BCUT2D eigenvalue weighted by atomic mass is 16.2. The Labute approximate surface area is 198 Å². The fourth-order valence-corrected chi connectivity index (χ4v) is 5.22. The van der Waals surface area contributed by atoms with Gasteiger partial charge in [-0.05, 0) is 30.5 Å². The molecule has 0 N–H and O–H groups in total. The quantitative estimate of drug-likeness (QED) is 0.500. The van der Waals surface area contributed by atoms with Gasteiger partial charge in [-0.25, -0.2) is 0 Å². The lowest BCUT2D eigenvalue weighted by atomic mass is 9.96. The lowest BCUT2D eigenvalue weighted by molar-refractivity contribution is -0.140. The molecule has 0 spiro atoms. The van der Waals surface area contributed by atoms with Crippen molar-refractivity contribution in [3.63, 3.8) is 0 Å². The molecule has 2 aromatic carbocycles. The van der Waals surface area contributed by atoms with Gasteiger partial charge < -0.3 is 4.90 Å². The van der Waals surface area contributed by atoms with Crippen LogP contribution >= 0.6 is 0 Å². The van der Waals surface area contributed by atoms with Crippen molar-refractivity contribution in [2.24, 2.45) is 0 Å². The molecule has 2 aliphatic rings. The molecule has 4 rings (SSSR count). The van der Waals surface area contributed by atoms with Gasteiger partial charge >= 0.3 is 0 Å². The van der Waals surface area contributed by atoms with Gasteiger partial charge in [-0.15, -0.1) is 0 Å². The van der Waals surface area contributed by atoms with E-state index in [1.807, 2.05) is 72.6 Å². The van der Waals surface area contributed by atoms with Crippen LogP contribution in [0.3, 0.4) is 0 Å². The fraction of sp³-hybridized carbons (Fsp3) is 0.448. The third-order valence-electron chi connectivity index (χ3n) is 7.07. The molecular weight excluding hydrogens is 408 g/mol. The van der Waals surface area contributed by atoms with E-state index in [0.717, 1.165) is 36.9 Å². The molecular formula is C29H36N2O2. The van der Waals surface area contributed by atoms with Crippen molar-refractivity contribution < 1.29 is 9.59 Å². The number of nitrogens with zero attached hydrogens (tertiary/aromatic N) is 2. The highest BCUT2D eigenvalue weighted by Gasteiger charge is 2.44. The minimum absolute atomic E-state index is 0.0233. The van der Waals surface area contributed by atoms with Crippen LogP contribution in [0.2, 0.25) is 0 Å². The Morgan fingerprint density at radius 2 is 1.15 bits per heavy atom. The molecule has 0 atom stereocenters. The average molecular weight is 445 g/mol. The highest BCUT2D eigenvalue weighted by molar-refractivity contribution is 6.36. The second-order valence-electron chi connectivity index (χ2n) is 9.38. The molecule has 1 aliphatic carbocycles. The van der Waals surface area contributed by atoms with Crippen molar-refractivity contribution in [2.75, 3.05) is 11.9 Å². The molecule has 33 heavy (non-hydrogen) atoms. The molecule has 0 aromatic heterocycles. The van der Waals surface area contributed by atoms with Gasteiger partial charge in [0.2, 0.25) is 0 Å². The second kappa shape index (κ2) is 11.3. The Bertz CT molecular complexity index is 956. The third-order valence-corrected chi connectivity index (χ3v) is 7.07. The summed E-state index contributed by atoms with van der Waals surface area (Å²) in [5, 5.41) is 0. The number of likely N-dealkylation sites (N-methyl/N-ethyl adjacent to an activating group) is 1. The van der Waals surface area contributed by atoms with Crippen molar-refractivity contribution >= 4 is 23.1 Å². The molecule has 4 nitrogen and oxygen atoms in total. The zero-order chi connectivity index (χ0) is 23.0. The summed E-state index contributed by atoms with van der Waals surface area (Å²) in [4.78, 5) is 31.2.